The maximum absolute atomic E-state index is 14.6. The molecular formula is C36H39BrClN3O5S. The molecule has 2 amide bonds. The number of nitrogens with zero attached hydrogens (tertiary/aromatic N) is 2. The first-order valence-corrected chi connectivity index (χ1v) is 18.0. The van der Waals surface area contributed by atoms with Crippen molar-refractivity contribution in [2.45, 2.75) is 44.7 Å². The highest BCUT2D eigenvalue weighted by Gasteiger charge is 2.34. The van der Waals surface area contributed by atoms with Gasteiger partial charge < -0.3 is 15.0 Å². The molecule has 1 N–H and O–H groups in total. The first-order chi connectivity index (χ1) is 22.5. The lowest BCUT2D eigenvalue weighted by Gasteiger charge is -2.34. The van der Waals surface area contributed by atoms with Crippen LogP contribution in [0.25, 0.3) is 0 Å². The number of benzene rings is 4. The maximum atomic E-state index is 14.6. The molecule has 0 saturated heterocycles. The van der Waals surface area contributed by atoms with Crippen LogP contribution in [0.2, 0.25) is 5.02 Å². The van der Waals surface area contributed by atoms with Gasteiger partial charge in [0, 0.05) is 29.0 Å². The third-order valence-electron chi connectivity index (χ3n) is 7.31. The van der Waals surface area contributed by atoms with Gasteiger partial charge in [-0.15, -0.1) is 0 Å². The van der Waals surface area contributed by atoms with Gasteiger partial charge in [0.05, 0.1) is 17.2 Å². The molecule has 4 aromatic rings. The van der Waals surface area contributed by atoms with Crippen molar-refractivity contribution in [1.29, 1.82) is 0 Å². The Morgan fingerprint density at radius 3 is 2.17 bits per heavy atom. The normalized spacial score (nSPS) is 12.0. The van der Waals surface area contributed by atoms with Crippen molar-refractivity contribution >= 4 is 55.1 Å². The minimum atomic E-state index is -4.23. The minimum Gasteiger partial charge on any atom is -0.494 e. The second-order valence-electron chi connectivity index (χ2n) is 11.4. The van der Waals surface area contributed by atoms with E-state index in [0.717, 1.165) is 9.87 Å². The molecule has 248 valence electrons. The third-order valence-corrected chi connectivity index (χ3v) is 9.87. The minimum absolute atomic E-state index is 0.0132. The highest BCUT2D eigenvalue weighted by atomic mass is 79.9. The number of anilines is 1. The van der Waals surface area contributed by atoms with Crippen LogP contribution in [0, 0.1) is 5.92 Å². The first kappa shape index (κ1) is 36.0. The summed E-state index contributed by atoms with van der Waals surface area (Å²) in [6, 6.07) is 28.3. The first-order valence-electron chi connectivity index (χ1n) is 15.3. The van der Waals surface area contributed by atoms with E-state index in [1.165, 1.54) is 17.0 Å². The maximum Gasteiger partial charge on any atom is 0.264 e. The molecule has 0 aromatic heterocycles. The van der Waals surface area contributed by atoms with Crippen molar-refractivity contribution in [2.75, 3.05) is 24.0 Å². The van der Waals surface area contributed by atoms with Crippen LogP contribution < -0.4 is 14.4 Å². The van der Waals surface area contributed by atoms with E-state index >= 15 is 0 Å². The van der Waals surface area contributed by atoms with Gasteiger partial charge in [-0.25, -0.2) is 8.42 Å². The van der Waals surface area contributed by atoms with E-state index in [-0.39, 0.29) is 35.4 Å². The Labute approximate surface area is 290 Å². The number of sulfonamides is 1. The topological polar surface area (TPSA) is 96.0 Å². The largest absolute Gasteiger partial charge is 0.494 e. The lowest BCUT2D eigenvalue weighted by atomic mass is 10.0. The van der Waals surface area contributed by atoms with Gasteiger partial charge in [-0.2, -0.15) is 0 Å². The van der Waals surface area contributed by atoms with Gasteiger partial charge in [0.2, 0.25) is 11.8 Å². The lowest BCUT2D eigenvalue weighted by molar-refractivity contribution is -0.140. The summed E-state index contributed by atoms with van der Waals surface area (Å²) in [5, 5.41) is 3.47. The molecule has 0 fully saturated rings. The number of ether oxygens (including phenoxy) is 1. The van der Waals surface area contributed by atoms with Gasteiger partial charge in [0.15, 0.2) is 0 Å². The van der Waals surface area contributed by atoms with E-state index < -0.39 is 28.5 Å². The van der Waals surface area contributed by atoms with Gasteiger partial charge in [-0.3, -0.25) is 13.9 Å². The monoisotopic (exact) mass is 739 g/mol. The van der Waals surface area contributed by atoms with Gasteiger partial charge in [-0.05, 0) is 84.6 Å². The fourth-order valence-corrected chi connectivity index (χ4v) is 6.84. The number of carbonyl (C=O) groups is 2. The molecule has 4 rings (SSSR count). The number of rotatable bonds is 15. The predicted molar refractivity (Wildman–Crippen MR) is 190 cm³/mol. The molecule has 11 heteroatoms. The van der Waals surface area contributed by atoms with Crippen LogP contribution in [-0.2, 0) is 32.6 Å². The molecule has 0 spiro atoms. The summed E-state index contributed by atoms with van der Waals surface area (Å²) in [5.74, 6) is -0.142. The average molecular weight is 741 g/mol. The Morgan fingerprint density at radius 1 is 0.894 bits per heavy atom. The molecule has 0 saturated carbocycles. The van der Waals surface area contributed by atoms with Gasteiger partial charge >= 0.3 is 0 Å². The number of halogens is 2. The Balaban J connectivity index is 1.80. The molecule has 8 nitrogen and oxygen atoms in total. The van der Waals surface area contributed by atoms with Crippen LogP contribution >= 0.6 is 27.5 Å². The standard InChI is InChI=1S/C36H39BrClN3O5S/c1-4-46-32-17-15-31(16-18-32)41(47(44,45)33-19-13-29(37)14-20-33)25-35(42)40(24-28-11-8-12-30(38)21-28)34(36(43)39-23-26(2)3)22-27-9-6-5-7-10-27/h5-21,26,34H,4,22-25H2,1-3H3,(H,39,43). The van der Waals surface area contributed by atoms with Crippen molar-refractivity contribution < 1.29 is 22.7 Å². The lowest BCUT2D eigenvalue weighted by Crippen LogP contribution is -2.53. The number of hydrogen-bond donors (Lipinski definition) is 1. The molecule has 0 aliphatic heterocycles. The van der Waals surface area contributed by atoms with Crippen molar-refractivity contribution in [3.8, 4) is 5.75 Å². The van der Waals surface area contributed by atoms with E-state index in [4.69, 9.17) is 16.3 Å². The zero-order valence-corrected chi connectivity index (χ0v) is 29.8. The number of carbonyl (C=O) groups excluding carboxylic acids is 2. The molecular weight excluding hydrogens is 702 g/mol. The summed E-state index contributed by atoms with van der Waals surface area (Å²) in [5.41, 5.74) is 1.83. The number of nitrogens with one attached hydrogen (secondary N) is 1. The van der Waals surface area contributed by atoms with E-state index in [1.807, 2.05) is 57.2 Å². The Kier molecular flexibility index (Phi) is 12.9. The fourth-order valence-electron chi connectivity index (χ4n) is 4.95. The van der Waals surface area contributed by atoms with E-state index in [1.54, 1.807) is 54.6 Å². The summed E-state index contributed by atoms with van der Waals surface area (Å²) in [6.07, 6.45) is 0.222. The molecule has 47 heavy (non-hydrogen) atoms. The van der Waals surface area contributed by atoms with Crippen LogP contribution in [0.3, 0.4) is 0 Å². The Morgan fingerprint density at radius 2 is 1.55 bits per heavy atom. The van der Waals surface area contributed by atoms with Crippen molar-refractivity contribution in [1.82, 2.24) is 10.2 Å². The van der Waals surface area contributed by atoms with Gasteiger partial charge in [0.25, 0.3) is 10.0 Å². The van der Waals surface area contributed by atoms with Gasteiger partial charge in [-0.1, -0.05) is 83.8 Å². The zero-order chi connectivity index (χ0) is 34.0. The Bertz CT molecular complexity index is 1740. The number of amides is 2. The Hall–Kier alpha value is -3.86. The number of hydrogen-bond acceptors (Lipinski definition) is 5. The van der Waals surface area contributed by atoms with Crippen molar-refractivity contribution in [3.05, 3.63) is 124 Å². The van der Waals surface area contributed by atoms with Gasteiger partial charge in [0.1, 0.15) is 18.3 Å². The zero-order valence-electron chi connectivity index (χ0n) is 26.6. The molecule has 0 aliphatic rings. The molecule has 1 atom stereocenters. The summed E-state index contributed by atoms with van der Waals surface area (Å²) < 4.78 is 35.8. The molecule has 4 aromatic carbocycles. The second kappa shape index (κ2) is 16.8. The fraction of sp³-hybridized carbons (Fsp3) is 0.278. The van der Waals surface area contributed by atoms with Crippen LogP contribution in [0.4, 0.5) is 5.69 Å². The summed E-state index contributed by atoms with van der Waals surface area (Å²) in [4.78, 5) is 29.9. The summed E-state index contributed by atoms with van der Waals surface area (Å²) in [6.45, 7) is 6.16. The van der Waals surface area contributed by atoms with E-state index in [0.29, 0.717) is 34.0 Å². The van der Waals surface area contributed by atoms with Crippen LogP contribution in [0.15, 0.2) is 112 Å². The molecule has 0 heterocycles. The SMILES string of the molecule is CCOc1ccc(N(CC(=O)N(Cc2cccc(Cl)c2)C(Cc2ccccc2)C(=O)NCC(C)C)S(=O)(=O)c2ccc(Br)cc2)cc1. The van der Waals surface area contributed by atoms with Crippen molar-refractivity contribution in [2.24, 2.45) is 5.92 Å². The molecule has 0 bridgehead atoms. The molecule has 0 aliphatic carbocycles. The summed E-state index contributed by atoms with van der Waals surface area (Å²) in [7, 11) is -4.23. The second-order valence-corrected chi connectivity index (χ2v) is 14.6. The quantitative estimate of drug-likeness (QED) is 0.140. The van der Waals surface area contributed by atoms with E-state index in [2.05, 4.69) is 21.2 Å². The highest BCUT2D eigenvalue weighted by molar-refractivity contribution is 9.10. The van der Waals surface area contributed by atoms with E-state index in [9.17, 15) is 18.0 Å². The average Bonchev–Trinajstić information content (AvgIpc) is 3.05. The van der Waals surface area contributed by atoms with Crippen LogP contribution in [0.5, 0.6) is 5.75 Å². The molecule has 1 unspecified atom stereocenters. The highest BCUT2D eigenvalue weighted by Crippen LogP contribution is 2.28. The smallest absolute Gasteiger partial charge is 0.264 e. The predicted octanol–water partition coefficient (Wildman–Crippen LogP) is 7.11. The van der Waals surface area contributed by atoms with Crippen molar-refractivity contribution in [3.63, 3.8) is 0 Å². The third kappa shape index (κ3) is 10.1. The molecule has 0 radical (unpaired) electrons. The van der Waals surface area contributed by atoms with Crippen LogP contribution in [0.1, 0.15) is 31.9 Å². The van der Waals surface area contributed by atoms with Crippen LogP contribution in [-0.4, -0.2) is 50.9 Å². The summed E-state index contributed by atoms with van der Waals surface area (Å²) >= 11 is 9.68.